The second-order valence-electron chi connectivity index (χ2n) is 5.64. The molecule has 0 bridgehead atoms. The van der Waals surface area contributed by atoms with Gasteiger partial charge in [0.15, 0.2) is 0 Å². The van der Waals surface area contributed by atoms with Gasteiger partial charge in [-0.2, -0.15) is 0 Å². The van der Waals surface area contributed by atoms with Gasteiger partial charge in [0.25, 0.3) is 0 Å². The summed E-state index contributed by atoms with van der Waals surface area (Å²) < 4.78 is 13.7. The van der Waals surface area contributed by atoms with Crippen LogP contribution in [0.2, 0.25) is 0 Å². The number of aliphatic carboxylic acids is 1. The van der Waals surface area contributed by atoms with Crippen molar-refractivity contribution >= 4 is 34.1 Å². The fourth-order valence-electron chi connectivity index (χ4n) is 2.61. The van der Waals surface area contributed by atoms with Crippen molar-refractivity contribution in [1.29, 1.82) is 0 Å². The van der Waals surface area contributed by atoms with Crippen LogP contribution in [0.25, 0.3) is 22.2 Å². The third-order valence-electron chi connectivity index (χ3n) is 3.79. The van der Waals surface area contributed by atoms with Gasteiger partial charge in [-0.25, -0.2) is 9.37 Å². The molecule has 0 spiro atoms. The van der Waals surface area contributed by atoms with E-state index in [2.05, 4.69) is 4.98 Å². The van der Waals surface area contributed by atoms with Crippen LogP contribution in [0.4, 0.5) is 4.39 Å². The Morgan fingerprint density at radius 3 is 2.60 bits per heavy atom. The summed E-state index contributed by atoms with van der Waals surface area (Å²) in [5.74, 6) is -1.38. The number of hydrogen-bond acceptors (Lipinski definition) is 3. The summed E-state index contributed by atoms with van der Waals surface area (Å²) in [5, 5.41) is 9.55. The summed E-state index contributed by atoms with van der Waals surface area (Å²) in [6.07, 6.45) is 0. The minimum atomic E-state index is -0.988. The number of likely N-dealkylation sites (N-methyl/N-ethyl adjacent to an activating group) is 1. The van der Waals surface area contributed by atoms with Crippen molar-refractivity contribution < 1.29 is 14.3 Å². The molecule has 0 saturated carbocycles. The van der Waals surface area contributed by atoms with E-state index in [4.69, 9.17) is 17.3 Å². The van der Waals surface area contributed by atoms with E-state index in [0.29, 0.717) is 27.1 Å². The highest BCUT2D eigenvalue weighted by molar-refractivity contribution is 7.80. The Hall–Kier alpha value is -2.86. The number of carboxylic acid groups (broad SMARTS) is 1. The molecule has 126 valence electrons. The molecule has 0 aliphatic heterocycles. The number of benzene rings is 2. The SMILES string of the molecule is CN(CC(=O)O)C(=S)c1cc(-c2ccccc2)nc2ccc(F)cc12. The van der Waals surface area contributed by atoms with Crippen LogP contribution < -0.4 is 0 Å². The number of rotatable bonds is 4. The lowest BCUT2D eigenvalue weighted by Gasteiger charge is -2.20. The predicted octanol–water partition coefficient (Wildman–Crippen LogP) is 3.73. The molecule has 0 unspecified atom stereocenters. The molecule has 4 nitrogen and oxygen atoms in total. The molecule has 0 radical (unpaired) electrons. The zero-order chi connectivity index (χ0) is 18.0. The highest BCUT2D eigenvalue weighted by Gasteiger charge is 2.16. The molecule has 1 N–H and O–H groups in total. The van der Waals surface area contributed by atoms with Gasteiger partial charge in [0, 0.05) is 23.6 Å². The molecule has 3 rings (SSSR count). The van der Waals surface area contributed by atoms with E-state index < -0.39 is 11.8 Å². The third-order valence-corrected chi connectivity index (χ3v) is 4.32. The summed E-state index contributed by atoms with van der Waals surface area (Å²) in [4.78, 5) is 17.3. The maximum atomic E-state index is 13.7. The minimum Gasteiger partial charge on any atom is -0.480 e. The van der Waals surface area contributed by atoms with Crippen LogP contribution in [0.15, 0.2) is 54.6 Å². The van der Waals surface area contributed by atoms with Crippen molar-refractivity contribution in [2.45, 2.75) is 0 Å². The Balaban J connectivity index is 2.19. The van der Waals surface area contributed by atoms with Crippen LogP contribution in [0.1, 0.15) is 5.56 Å². The van der Waals surface area contributed by atoms with Crippen molar-refractivity contribution in [2.24, 2.45) is 0 Å². The zero-order valence-electron chi connectivity index (χ0n) is 13.4. The van der Waals surface area contributed by atoms with Crippen molar-refractivity contribution in [2.75, 3.05) is 13.6 Å². The lowest BCUT2D eigenvalue weighted by Crippen LogP contribution is -2.31. The molecule has 6 heteroatoms. The molecule has 2 aromatic carbocycles. The molecule has 0 atom stereocenters. The van der Waals surface area contributed by atoms with Crippen LogP contribution in [0.5, 0.6) is 0 Å². The fraction of sp³-hybridized carbons (Fsp3) is 0.105. The minimum absolute atomic E-state index is 0.237. The standard InChI is InChI=1S/C19H15FN2O2S/c1-22(11-18(23)24)19(25)15-10-17(12-5-3-2-4-6-12)21-16-8-7-13(20)9-14(15)16/h2-10H,11H2,1H3,(H,23,24). The first-order chi connectivity index (χ1) is 12.0. The largest absolute Gasteiger partial charge is 0.480 e. The molecular formula is C19H15FN2O2S. The van der Waals surface area contributed by atoms with Crippen LogP contribution >= 0.6 is 12.2 Å². The van der Waals surface area contributed by atoms with Crippen LogP contribution in [0, 0.1) is 5.82 Å². The molecule has 25 heavy (non-hydrogen) atoms. The average Bonchev–Trinajstić information content (AvgIpc) is 2.60. The van der Waals surface area contributed by atoms with E-state index in [9.17, 15) is 9.18 Å². The summed E-state index contributed by atoms with van der Waals surface area (Å²) in [5.41, 5.74) is 2.78. The van der Waals surface area contributed by atoms with Crippen molar-refractivity contribution in [3.8, 4) is 11.3 Å². The van der Waals surface area contributed by atoms with Crippen LogP contribution in [-0.4, -0.2) is 39.5 Å². The monoisotopic (exact) mass is 354 g/mol. The quantitative estimate of drug-likeness (QED) is 0.724. The smallest absolute Gasteiger partial charge is 0.323 e. The second kappa shape index (κ2) is 6.94. The van der Waals surface area contributed by atoms with Gasteiger partial charge in [-0.3, -0.25) is 4.79 Å². The number of aromatic nitrogens is 1. The number of fused-ring (bicyclic) bond motifs is 1. The summed E-state index contributed by atoms with van der Waals surface area (Å²) in [6, 6.07) is 15.6. The highest BCUT2D eigenvalue weighted by Crippen LogP contribution is 2.26. The van der Waals surface area contributed by atoms with Gasteiger partial charge >= 0.3 is 5.97 Å². The molecule has 0 aliphatic carbocycles. The van der Waals surface area contributed by atoms with Gasteiger partial charge in [-0.1, -0.05) is 42.5 Å². The predicted molar refractivity (Wildman–Crippen MR) is 99.1 cm³/mol. The second-order valence-corrected chi connectivity index (χ2v) is 6.02. The first-order valence-electron chi connectivity index (χ1n) is 7.58. The number of hydrogen-bond donors (Lipinski definition) is 1. The summed E-state index contributed by atoms with van der Waals surface area (Å²) in [7, 11) is 1.60. The van der Waals surface area contributed by atoms with E-state index in [0.717, 1.165) is 5.56 Å². The Labute approximate surface area is 149 Å². The Bertz CT molecular complexity index is 960. The van der Waals surface area contributed by atoms with E-state index >= 15 is 0 Å². The highest BCUT2D eigenvalue weighted by atomic mass is 32.1. The molecule has 0 saturated heterocycles. The zero-order valence-corrected chi connectivity index (χ0v) is 14.3. The topological polar surface area (TPSA) is 53.4 Å². The molecule has 0 aliphatic rings. The Morgan fingerprint density at radius 2 is 1.92 bits per heavy atom. The maximum absolute atomic E-state index is 13.7. The third kappa shape index (κ3) is 3.64. The van der Waals surface area contributed by atoms with Gasteiger partial charge in [0.1, 0.15) is 17.4 Å². The normalized spacial score (nSPS) is 10.6. The Kier molecular flexibility index (Phi) is 4.72. The summed E-state index contributed by atoms with van der Waals surface area (Å²) in [6.45, 7) is -0.237. The molecule has 1 aromatic heterocycles. The maximum Gasteiger partial charge on any atom is 0.323 e. The van der Waals surface area contributed by atoms with Crippen LogP contribution in [0.3, 0.4) is 0 Å². The lowest BCUT2D eigenvalue weighted by molar-refractivity contribution is -0.137. The number of thiocarbonyl (C=S) groups is 1. The lowest BCUT2D eigenvalue weighted by atomic mass is 10.0. The van der Waals surface area contributed by atoms with Crippen molar-refractivity contribution in [3.63, 3.8) is 0 Å². The van der Waals surface area contributed by atoms with Crippen molar-refractivity contribution in [3.05, 3.63) is 66.0 Å². The first kappa shape index (κ1) is 17.0. The van der Waals surface area contributed by atoms with Gasteiger partial charge in [-0.15, -0.1) is 0 Å². The summed E-state index contributed by atoms with van der Waals surface area (Å²) >= 11 is 5.45. The van der Waals surface area contributed by atoms with E-state index in [1.807, 2.05) is 30.3 Å². The van der Waals surface area contributed by atoms with E-state index in [1.54, 1.807) is 19.2 Å². The van der Waals surface area contributed by atoms with E-state index in [-0.39, 0.29) is 6.54 Å². The number of nitrogens with zero attached hydrogens (tertiary/aromatic N) is 2. The average molecular weight is 354 g/mol. The Morgan fingerprint density at radius 1 is 1.20 bits per heavy atom. The van der Waals surface area contributed by atoms with Gasteiger partial charge < -0.3 is 10.0 Å². The van der Waals surface area contributed by atoms with Gasteiger partial charge in [0.2, 0.25) is 0 Å². The van der Waals surface area contributed by atoms with Crippen LogP contribution in [-0.2, 0) is 4.79 Å². The van der Waals surface area contributed by atoms with Gasteiger partial charge in [0.05, 0.1) is 11.2 Å². The molecule has 0 amide bonds. The number of carboxylic acids is 1. The number of halogens is 1. The van der Waals surface area contributed by atoms with Gasteiger partial charge in [-0.05, 0) is 24.3 Å². The first-order valence-corrected chi connectivity index (χ1v) is 7.99. The number of pyridine rings is 1. The fourth-order valence-corrected chi connectivity index (χ4v) is 2.85. The molecule has 3 aromatic rings. The van der Waals surface area contributed by atoms with Crippen molar-refractivity contribution in [1.82, 2.24) is 9.88 Å². The van der Waals surface area contributed by atoms with E-state index in [1.165, 1.54) is 17.0 Å². The molecular weight excluding hydrogens is 339 g/mol. The molecule has 0 fully saturated rings. The molecule has 1 heterocycles. The number of carbonyl (C=O) groups is 1.